The van der Waals surface area contributed by atoms with Gasteiger partial charge in [-0.1, -0.05) is 84.9 Å². The van der Waals surface area contributed by atoms with Crippen molar-refractivity contribution in [3.8, 4) is 45.0 Å². The number of H-pyrrole nitrogens is 1. The summed E-state index contributed by atoms with van der Waals surface area (Å²) in [6, 6.07) is 37.5. The summed E-state index contributed by atoms with van der Waals surface area (Å²) >= 11 is 0. The highest BCUT2D eigenvalue weighted by atomic mass is 16.6. The highest BCUT2D eigenvalue weighted by molar-refractivity contribution is 6.02. The van der Waals surface area contributed by atoms with Crippen LogP contribution in [0.1, 0.15) is 115 Å². The number of Topliss-reactive ketones (excluding diaryl/α,β-unsaturated/α-hetero) is 3. The molecule has 13 rings (SSSR count). The number of methoxy groups -OCH3 is 2. The third-order valence-electron chi connectivity index (χ3n) is 16.9. The summed E-state index contributed by atoms with van der Waals surface area (Å²) in [6.07, 6.45) is 6.62. The van der Waals surface area contributed by atoms with Gasteiger partial charge >= 0.3 is 18.2 Å². The summed E-state index contributed by atoms with van der Waals surface area (Å²) in [4.78, 5) is 88.4. The Morgan fingerprint density at radius 3 is 1.73 bits per heavy atom. The number of rotatable bonds is 14. The SMILES string of the molecule is COC[C@@H]1C[C@H](C(=O)OCC(=O)c2ccc3c(c2)COc2cc4c(cc2-3)CCCC4=O)N(C(=O)OCc2ccccc2)C1.COC[C@H]1C[C@@H](c2ncc(-c3ccc4c(c3)COc3cc5c(cc3-4)CCCC5=O)[nH]2)N(C(=O)OCc2ccccc2)C1. The summed E-state index contributed by atoms with van der Waals surface area (Å²) in [5.41, 5.74) is 13.7. The van der Waals surface area contributed by atoms with E-state index < -0.39 is 24.7 Å². The van der Waals surface area contributed by atoms with Crippen molar-refractivity contribution in [3.05, 3.63) is 183 Å². The smallest absolute Gasteiger partial charge is 0.410 e. The van der Waals surface area contributed by atoms with Crippen LogP contribution in [0.3, 0.4) is 0 Å². The monoisotopic (exact) mass is 1150 g/mol. The topological polar surface area (TPSA) is 202 Å². The lowest BCUT2D eigenvalue weighted by atomic mass is 9.86. The van der Waals surface area contributed by atoms with E-state index >= 15 is 0 Å². The number of likely N-dealkylation sites (tertiary alicyclic amines) is 2. The van der Waals surface area contributed by atoms with E-state index in [4.69, 9.17) is 38.1 Å². The third kappa shape index (κ3) is 12.2. The van der Waals surface area contributed by atoms with E-state index in [1.54, 1.807) is 31.3 Å². The van der Waals surface area contributed by atoms with Crippen molar-refractivity contribution < 1.29 is 61.9 Å². The second-order valence-electron chi connectivity index (χ2n) is 22.6. The molecule has 0 spiro atoms. The Bertz CT molecular complexity index is 3690. The predicted octanol–water partition coefficient (Wildman–Crippen LogP) is 11.7. The van der Waals surface area contributed by atoms with E-state index in [1.165, 1.54) is 4.90 Å². The van der Waals surface area contributed by atoms with Gasteiger partial charge < -0.3 is 38.1 Å². The number of benzene rings is 6. The maximum Gasteiger partial charge on any atom is 0.410 e. The summed E-state index contributed by atoms with van der Waals surface area (Å²) < 4.78 is 39.4. The van der Waals surface area contributed by atoms with Crippen molar-refractivity contribution >= 4 is 35.5 Å². The number of ketones is 3. The van der Waals surface area contributed by atoms with Crippen molar-refractivity contribution in [1.82, 2.24) is 19.8 Å². The van der Waals surface area contributed by atoms with Crippen LogP contribution in [0.25, 0.3) is 33.5 Å². The summed E-state index contributed by atoms with van der Waals surface area (Å²) in [6.45, 7) is 2.33. The molecule has 0 bridgehead atoms. The Kier molecular flexibility index (Phi) is 16.7. The molecular weight excluding hydrogens is 1080 g/mol. The number of aryl methyl sites for hydroxylation is 2. The number of nitrogens with one attached hydrogen (secondary N) is 1. The molecule has 2 saturated heterocycles. The Morgan fingerprint density at radius 1 is 0.576 bits per heavy atom. The van der Waals surface area contributed by atoms with Crippen LogP contribution in [0, 0.1) is 11.8 Å². The van der Waals surface area contributed by atoms with E-state index in [9.17, 15) is 28.8 Å². The molecular formula is C68H66N4O13. The molecule has 436 valence electrons. The zero-order valence-corrected chi connectivity index (χ0v) is 47.6. The Balaban J connectivity index is 0.000000167. The zero-order valence-electron chi connectivity index (χ0n) is 47.6. The largest absolute Gasteiger partial charge is 0.488 e. The molecule has 4 aliphatic heterocycles. The quantitative estimate of drug-likeness (QED) is 0.0612. The molecule has 85 heavy (non-hydrogen) atoms. The van der Waals surface area contributed by atoms with Crippen LogP contribution in [0.15, 0.2) is 128 Å². The highest BCUT2D eigenvalue weighted by Crippen LogP contribution is 2.44. The maximum atomic E-state index is 13.2. The average Bonchev–Trinajstić information content (AvgIpc) is 4.17. The number of hydrogen-bond acceptors (Lipinski definition) is 14. The fraction of sp³-hybridized carbons (Fsp3) is 0.338. The van der Waals surface area contributed by atoms with Crippen LogP contribution in [0.5, 0.6) is 11.5 Å². The van der Waals surface area contributed by atoms with Crippen LogP contribution >= 0.6 is 0 Å². The Labute approximate surface area is 492 Å². The molecule has 1 aromatic heterocycles. The molecule has 0 saturated carbocycles. The van der Waals surface area contributed by atoms with Gasteiger partial charge in [0.05, 0.1) is 31.1 Å². The van der Waals surface area contributed by atoms with Crippen molar-refractivity contribution in [1.29, 1.82) is 0 Å². The number of carbonyl (C=O) groups is 6. The number of fused-ring (bicyclic) bond motifs is 8. The molecule has 6 aromatic carbocycles. The minimum atomic E-state index is -0.873. The normalized spacial score (nSPS) is 18.8. The van der Waals surface area contributed by atoms with Crippen molar-refractivity contribution in [3.63, 3.8) is 0 Å². The van der Waals surface area contributed by atoms with E-state index in [-0.39, 0.29) is 61.1 Å². The first-order chi connectivity index (χ1) is 41.5. The van der Waals surface area contributed by atoms with Crippen molar-refractivity contribution in [2.24, 2.45) is 11.8 Å². The molecule has 2 fully saturated rings. The van der Waals surface area contributed by atoms with Gasteiger partial charge in [-0.2, -0.15) is 0 Å². The molecule has 1 N–H and O–H groups in total. The van der Waals surface area contributed by atoms with E-state index in [0.717, 1.165) is 122 Å². The maximum absolute atomic E-state index is 13.2. The van der Waals surface area contributed by atoms with E-state index in [1.807, 2.05) is 91.1 Å². The summed E-state index contributed by atoms with van der Waals surface area (Å²) in [5.74, 6) is 1.65. The van der Waals surface area contributed by atoms with Crippen LogP contribution < -0.4 is 9.47 Å². The molecule has 0 radical (unpaired) electrons. The van der Waals surface area contributed by atoms with Gasteiger partial charge in [-0.15, -0.1) is 0 Å². The van der Waals surface area contributed by atoms with Crippen LogP contribution in [0.4, 0.5) is 9.59 Å². The molecule has 5 heterocycles. The second-order valence-corrected chi connectivity index (χ2v) is 22.6. The minimum Gasteiger partial charge on any atom is -0.488 e. The van der Waals surface area contributed by atoms with E-state index in [2.05, 4.69) is 29.2 Å². The summed E-state index contributed by atoms with van der Waals surface area (Å²) in [5, 5.41) is 0. The van der Waals surface area contributed by atoms with Crippen molar-refractivity contribution in [2.45, 2.75) is 89.9 Å². The molecule has 6 aliphatic rings. The number of nitrogens with zero attached hydrogens (tertiary/aromatic N) is 3. The number of aromatic amines is 1. The molecule has 0 unspecified atom stereocenters. The first kappa shape index (κ1) is 56.5. The molecule has 4 atom stereocenters. The number of carbonyl (C=O) groups excluding carboxylic acids is 6. The molecule has 7 aromatic rings. The zero-order chi connectivity index (χ0) is 58.6. The number of aromatic nitrogens is 2. The second kappa shape index (κ2) is 25.1. The van der Waals surface area contributed by atoms with Gasteiger partial charge in [0.2, 0.25) is 0 Å². The molecule has 2 amide bonds. The number of ether oxygens (including phenoxy) is 7. The van der Waals surface area contributed by atoms with Crippen molar-refractivity contribution in [2.75, 3.05) is 47.1 Å². The lowest BCUT2D eigenvalue weighted by Gasteiger charge is -2.25. The van der Waals surface area contributed by atoms with Gasteiger partial charge in [-0.05, 0) is 125 Å². The third-order valence-corrected chi connectivity index (χ3v) is 16.9. The summed E-state index contributed by atoms with van der Waals surface area (Å²) in [7, 11) is 3.25. The first-order valence-corrected chi connectivity index (χ1v) is 29.1. The Hall–Kier alpha value is -8.93. The fourth-order valence-corrected chi connectivity index (χ4v) is 12.6. The van der Waals surface area contributed by atoms with E-state index in [0.29, 0.717) is 63.5 Å². The lowest BCUT2D eigenvalue weighted by molar-refractivity contribution is -0.147. The molecule has 17 heteroatoms. The Morgan fingerprint density at radius 2 is 1.13 bits per heavy atom. The fourth-order valence-electron chi connectivity index (χ4n) is 12.6. The first-order valence-electron chi connectivity index (χ1n) is 29.1. The number of imidazole rings is 1. The van der Waals surface area contributed by atoms with Crippen LogP contribution in [0.2, 0.25) is 0 Å². The van der Waals surface area contributed by atoms with Gasteiger partial charge in [0.15, 0.2) is 24.0 Å². The van der Waals surface area contributed by atoms with Gasteiger partial charge in [0, 0.05) is 79.8 Å². The number of amides is 2. The highest BCUT2D eigenvalue weighted by Gasteiger charge is 2.42. The standard InChI is InChI=1S/C34H33N3O5.C34H33NO8/c1-40-18-22-12-30(37(17-22)34(39)42-19-21-6-3-2-4-7-21)33-35-16-29(36-33)24-10-11-26-25(13-24)20-41-32-15-27-23(14-28(26)32)8-5-9-31(27)38;1-40-17-22-12-29(35(16-22)34(39)43-18-21-6-3-2-4-7-21)33(38)42-20-31(37)24-10-11-26-25(13-24)19-41-32-15-27-23(14-28(26)32)8-5-9-30(27)36/h2-4,6-7,10-11,13-16,22,30H,5,8-9,12,17-20H2,1H3,(H,35,36);2-4,6-7,10-11,13-15,22,29H,5,8-9,12,16-20H2,1H3/t22-,30-;22-,29-/m01/s1. The predicted molar refractivity (Wildman–Crippen MR) is 313 cm³/mol. The van der Waals surface area contributed by atoms with Gasteiger partial charge in [0.25, 0.3) is 0 Å². The number of esters is 1. The minimum absolute atomic E-state index is 0.0604. The average molecular weight is 1150 g/mol. The molecule has 17 nitrogen and oxygen atoms in total. The lowest BCUT2D eigenvalue weighted by Crippen LogP contribution is -2.42. The molecule has 2 aliphatic carbocycles. The van der Waals surface area contributed by atoms with Crippen LogP contribution in [-0.4, -0.2) is 108 Å². The van der Waals surface area contributed by atoms with Gasteiger partial charge in [-0.3, -0.25) is 24.2 Å². The number of hydrogen-bond donors (Lipinski definition) is 1. The van der Waals surface area contributed by atoms with Crippen LogP contribution in [-0.2, 0) is 67.7 Å². The van der Waals surface area contributed by atoms with Gasteiger partial charge in [0.1, 0.15) is 49.8 Å². The van der Waals surface area contributed by atoms with Gasteiger partial charge in [-0.25, -0.2) is 19.4 Å².